The summed E-state index contributed by atoms with van der Waals surface area (Å²) in [6.45, 7) is 6.86. The van der Waals surface area contributed by atoms with E-state index in [2.05, 4.69) is 0 Å². The predicted molar refractivity (Wildman–Crippen MR) is 132 cm³/mol. The van der Waals surface area contributed by atoms with Crippen molar-refractivity contribution < 1.29 is 33.1 Å². The van der Waals surface area contributed by atoms with Crippen molar-refractivity contribution in [1.82, 2.24) is 5.06 Å². The van der Waals surface area contributed by atoms with Crippen molar-refractivity contribution in [3.63, 3.8) is 0 Å². The molecule has 0 spiro atoms. The maximum atomic E-state index is 15.8. The van der Waals surface area contributed by atoms with Crippen molar-refractivity contribution in [3.05, 3.63) is 48.0 Å². The molecule has 9 heteroatoms. The van der Waals surface area contributed by atoms with Gasteiger partial charge in [-0.1, -0.05) is 38.4 Å². The maximum absolute atomic E-state index is 15.8. The predicted octanol–water partition coefficient (Wildman–Crippen LogP) is 4.35. The summed E-state index contributed by atoms with van der Waals surface area (Å²) in [5, 5.41) is 13.7. The summed E-state index contributed by atoms with van der Waals surface area (Å²) in [7, 11) is 0. The van der Waals surface area contributed by atoms with E-state index in [-0.39, 0.29) is 42.4 Å². The number of ketones is 1. The number of hydrogen-bond acceptors (Lipinski definition) is 7. The molecule has 0 bridgehead atoms. The van der Waals surface area contributed by atoms with E-state index in [1.165, 1.54) is 12.2 Å². The molecule has 0 aromatic carbocycles. The van der Waals surface area contributed by atoms with Crippen molar-refractivity contribution in [2.24, 2.45) is 34.0 Å². The first-order valence-corrected chi connectivity index (χ1v) is 13.5. The van der Waals surface area contributed by atoms with Crippen LogP contribution in [0.25, 0.3) is 0 Å². The van der Waals surface area contributed by atoms with Gasteiger partial charge in [0.2, 0.25) is 0 Å². The van der Waals surface area contributed by atoms with E-state index in [9.17, 15) is 14.7 Å². The molecule has 5 aliphatic rings. The van der Waals surface area contributed by atoms with Crippen LogP contribution in [0.3, 0.4) is 0 Å². The second-order valence-corrected chi connectivity index (χ2v) is 12.3. The number of carbonyl (C=O) groups is 2. The number of hydroxylamine groups is 2. The summed E-state index contributed by atoms with van der Waals surface area (Å²) in [6, 6.07) is 1.54. The molecule has 4 fully saturated rings. The number of carbonyl (C=O) groups excluding carboxylic acids is 2. The molecule has 2 heterocycles. The highest BCUT2D eigenvalue weighted by Gasteiger charge is 2.78. The lowest BCUT2D eigenvalue weighted by Crippen LogP contribution is -2.67. The van der Waals surface area contributed by atoms with E-state index >= 15 is 4.39 Å². The number of aliphatic hydroxyl groups is 1. The largest absolute Gasteiger partial charge is 0.472 e. The summed E-state index contributed by atoms with van der Waals surface area (Å²) < 4.78 is 26.4. The second-order valence-electron chi connectivity index (χ2n) is 12.1. The molecule has 3 saturated carbocycles. The van der Waals surface area contributed by atoms with E-state index in [0.717, 1.165) is 5.56 Å². The molecule has 37 heavy (non-hydrogen) atoms. The zero-order valence-electron chi connectivity index (χ0n) is 21.3. The van der Waals surface area contributed by atoms with Crippen LogP contribution in [-0.4, -0.2) is 52.4 Å². The minimum absolute atomic E-state index is 0.104. The third-order valence-electron chi connectivity index (χ3n) is 10.9. The highest BCUT2D eigenvalue weighted by molar-refractivity contribution is 6.17. The Balaban J connectivity index is 1.42. The number of allylic oxidation sites excluding steroid dienone is 4. The van der Waals surface area contributed by atoms with Crippen LogP contribution in [0.5, 0.6) is 0 Å². The van der Waals surface area contributed by atoms with Crippen molar-refractivity contribution in [3.8, 4) is 0 Å². The molecule has 9 atom stereocenters. The standard InChI is InChI=1S/C28H33ClFNO6/c1-25-6-4-18(32)9-21(25)22(30)10-20-19-8-17-13-31(12-16-5-7-35-14-16)37-28(17,24(34)36-15-29)26(19,2)11-23(33)27(20,25)3/h4-7,9,14,17,19-20,22-23,33H,8,10-13,15H2,1-3H3/t17-,19-,20-,22-,23-,25-,26-,27+,28-/m0/s1. The van der Waals surface area contributed by atoms with Gasteiger partial charge in [-0.05, 0) is 54.9 Å². The molecule has 0 unspecified atom stereocenters. The summed E-state index contributed by atoms with van der Waals surface area (Å²) >= 11 is 5.86. The lowest BCUT2D eigenvalue weighted by molar-refractivity contribution is -0.274. The van der Waals surface area contributed by atoms with Gasteiger partial charge in [-0.15, -0.1) is 0 Å². The molecular weight excluding hydrogens is 501 g/mol. The van der Waals surface area contributed by atoms with Gasteiger partial charge in [0.1, 0.15) is 6.17 Å². The van der Waals surface area contributed by atoms with Crippen molar-refractivity contribution in [2.45, 2.75) is 64.5 Å². The van der Waals surface area contributed by atoms with Gasteiger partial charge in [0.25, 0.3) is 0 Å². The summed E-state index contributed by atoms with van der Waals surface area (Å²) in [6.07, 6.45) is 6.82. The number of ether oxygens (including phenoxy) is 1. The fourth-order valence-corrected chi connectivity index (χ4v) is 9.00. The lowest BCUT2D eigenvalue weighted by atomic mass is 9.39. The third-order valence-corrected chi connectivity index (χ3v) is 11.0. The second kappa shape index (κ2) is 8.25. The number of hydrogen-bond donors (Lipinski definition) is 1. The molecule has 1 N–H and O–H groups in total. The zero-order chi connectivity index (χ0) is 26.4. The quantitative estimate of drug-likeness (QED) is 0.454. The van der Waals surface area contributed by atoms with Crippen LogP contribution < -0.4 is 0 Å². The number of halogens is 2. The monoisotopic (exact) mass is 533 g/mol. The van der Waals surface area contributed by atoms with Crippen molar-refractivity contribution in [1.29, 1.82) is 0 Å². The van der Waals surface area contributed by atoms with Crippen LogP contribution in [0, 0.1) is 34.0 Å². The molecule has 7 nitrogen and oxygen atoms in total. The molecular formula is C28H33ClFNO6. The average molecular weight is 534 g/mol. The van der Waals surface area contributed by atoms with Crippen LogP contribution in [0.4, 0.5) is 4.39 Å². The van der Waals surface area contributed by atoms with Crippen molar-refractivity contribution in [2.75, 3.05) is 12.6 Å². The first-order valence-electron chi connectivity index (χ1n) is 13.0. The molecule has 1 aliphatic heterocycles. The van der Waals surface area contributed by atoms with Gasteiger partial charge in [0.15, 0.2) is 17.5 Å². The van der Waals surface area contributed by atoms with E-state index in [1.807, 2.05) is 26.8 Å². The smallest absolute Gasteiger partial charge is 0.342 e. The first kappa shape index (κ1) is 25.3. The van der Waals surface area contributed by atoms with E-state index in [4.69, 9.17) is 25.6 Å². The van der Waals surface area contributed by atoms with Crippen molar-refractivity contribution >= 4 is 23.4 Å². The topological polar surface area (TPSA) is 89.2 Å². The Morgan fingerprint density at radius 2 is 2.08 bits per heavy atom. The number of aliphatic hydroxyl groups excluding tert-OH is 1. The van der Waals surface area contributed by atoms with Gasteiger partial charge in [-0.3, -0.25) is 9.63 Å². The number of alkyl halides is 2. The van der Waals surface area contributed by atoms with E-state index in [1.54, 1.807) is 23.7 Å². The van der Waals surface area contributed by atoms with Gasteiger partial charge in [-0.25, -0.2) is 9.18 Å². The minimum Gasteiger partial charge on any atom is -0.472 e. The minimum atomic E-state index is -1.35. The Morgan fingerprint density at radius 3 is 2.78 bits per heavy atom. The Hall–Kier alpha value is -2.00. The highest BCUT2D eigenvalue weighted by Crippen LogP contribution is 2.74. The highest BCUT2D eigenvalue weighted by atomic mass is 35.5. The zero-order valence-corrected chi connectivity index (χ0v) is 22.0. The number of esters is 1. The Bertz CT molecular complexity index is 1190. The Kier molecular flexibility index (Phi) is 5.64. The van der Waals surface area contributed by atoms with Crippen LogP contribution in [-0.2, 0) is 25.7 Å². The van der Waals surface area contributed by atoms with Crippen LogP contribution in [0.2, 0.25) is 0 Å². The molecule has 6 rings (SSSR count). The SMILES string of the molecule is C[C@]12[C@@H](O)C[C@@]3(C)[C@@H](C[C@H]4CN(Cc5ccoc5)O[C@]43C(=O)OCCl)[C@@H]1C[C@H](F)C1=CC(=O)C=C[C@@]12C. The third kappa shape index (κ3) is 3.10. The maximum Gasteiger partial charge on any atom is 0.342 e. The van der Waals surface area contributed by atoms with E-state index < -0.39 is 40.1 Å². The molecule has 1 saturated heterocycles. The molecule has 4 aliphatic carbocycles. The average Bonchev–Trinajstić information content (AvgIpc) is 3.54. The van der Waals surface area contributed by atoms with Crippen LogP contribution >= 0.6 is 11.6 Å². The van der Waals surface area contributed by atoms with Gasteiger partial charge < -0.3 is 14.3 Å². The molecule has 1 aromatic rings. The summed E-state index contributed by atoms with van der Waals surface area (Å²) in [5.41, 5.74) is -2.36. The van der Waals surface area contributed by atoms with E-state index in [0.29, 0.717) is 25.1 Å². The van der Waals surface area contributed by atoms with Gasteiger partial charge in [-0.2, -0.15) is 5.06 Å². The normalized spacial score (nSPS) is 46.6. The lowest BCUT2D eigenvalue weighted by Gasteiger charge is -2.65. The number of nitrogens with zero attached hydrogens (tertiary/aromatic N) is 1. The molecule has 0 amide bonds. The summed E-state index contributed by atoms with van der Waals surface area (Å²) in [4.78, 5) is 32.4. The van der Waals surface area contributed by atoms with Gasteiger partial charge >= 0.3 is 5.97 Å². The fourth-order valence-electron chi connectivity index (χ4n) is 8.90. The number of furan rings is 1. The Labute approximate surface area is 220 Å². The van der Waals surface area contributed by atoms with Gasteiger partial charge in [0.05, 0.1) is 25.2 Å². The molecule has 0 radical (unpaired) electrons. The fraction of sp³-hybridized carbons (Fsp3) is 0.643. The number of rotatable bonds is 4. The van der Waals surface area contributed by atoms with Gasteiger partial charge in [0, 0.05) is 34.3 Å². The Morgan fingerprint density at radius 1 is 1.30 bits per heavy atom. The molecule has 1 aromatic heterocycles. The van der Waals surface area contributed by atoms with Crippen LogP contribution in [0.1, 0.15) is 45.6 Å². The van der Waals surface area contributed by atoms with Crippen LogP contribution in [0.15, 0.2) is 46.8 Å². The summed E-state index contributed by atoms with van der Waals surface area (Å²) in [5.74, 6) is -1.32. The first-order chi connectivity index (χ1) is 17.5. The molecule has 200 valence electrons. The number of fused-ring (bicyclic) bond motifs is 7.